The van der Waals surface area contributed by atoms with E-state index in [1.807, 2.05) is 61.5 Å². The topological polar surface area (TPSA) is 130 Å². The lowest BCUT2D eigenvalue weighted by molar-refractivity contribution is -0.384. The number of nitrogens with zero attached hydrogens (tertiary/aromatic N) is 3. The van der Waals surface area contributed by atoms with Crippen molar-refractivity contribution in [2.24, 2.45) is 0 Å². The summed E-state index contributed by atoms with van der Waals surface area (Å²) in [5.41, 5.74) is 2.82. The fraction of sp³-hybridized carbons (Fsp3) is 0.394. The Morgan fingerprint density at radius 1 is 0.955 bits per heavy atom. The third-order valence-electron chi connectivity index (χ3n) is 8.01. The van der Waals surface area contributed by atoms with Gasteiger partial charge in [-0.3, -0.25) is 24.0 Å². The van der Waals surface area contributed by atoms with Gasteiger partial charge in [-0.1, -0.05) is 85.5 Å². The van der Waals surface area contributed by atoms with Crippen LogP contribution in [0, 0.1) is 24.0 Å². The first kappa shape index (κ1) is 32.7. The zero-order valence-electron chi connectivity index (χ0n) is 25.4. The highest BCUT2D eigenvalue weighted by atomic mass is 32.2. The molecule has 0 saturated heterocycles. The average molecular weight is 621 g/mol. The molecule has 1 saturated carbocycles. The SMILES string of the molecule is Cc1cccc(CN(C(=O)CN(c2cc([N+](=O)[O-])ccc2C)S(C)(=O)=O)[C@@H](Cc2ccccc2)C(=O)NC2CCCCC2)c1. The van der Waals surface area contributed by atoms with Crippen LogP contribution in [0.5, 0.6) is 0 Å². The molecule has 1 atom stereocenters. The van der Waals surface area contributed by atoms with E-state index in [1.165, 1.54) is 17.0 Å². The molecular formula is C33H40N4O6S. The molecule has 234 valence electrons. The Hall–Kier alpha value is -4.25. The number of aryl methyl sites for hydroxylation is 2. The Labute approximate surface area is 259 Å². The van der Waals surface area contributed by atoms with Gasteiger partial charge in [0.05, 0.1) is 16.9 Å². The summed E-state index contributed by atoms with van der Waals surface area (Å²) in [6.45, 7) is 3.00. The molecule has 3 aromatic carbocycles. The molecule has 3 aromatic rings. The zero-order chi connectivity index (χ0) is 31.9. The van der Waals surface area contributed by atoms with Crippen molar-refractivity contribution in [3.63, 3.8) is 0 Å². The number of rotatable bonds is 12. The maximum Gasteiger partial charge on any atom is 0.271 e. The summed E-state index contributed by atoms with van der Waals surface area (Å²) in [5, 5.41) is 14.7. The minimum Gasteiger partial charge on any atom is -0.352 e. The predicted molar refractivity (Wildman–Crippen MR) is 171 cm³/mol. The van der Waals surface area contributed by atoms with E-state index in [0.29, 0.717) is 5.56 Å². The van der Waals surface area contributed by atoms with Crippen LogP contribution in [0.25, 0.3) is 0 Å². The summed E-state index contributed by atoms with van der Waals surface area (Å²) in [5.74, 6) is -0.887. The van der Waals surface area contributed by atoms with Crippen molar-refractivity contribution in [1.82, 2.24) is 10.2 Å². The van der Waals surface area contributed by atoms with Crippen LogP contribution in [0.4, 0.5) is 11.4 Å². The highest BCUT2D eigenvalue weighted by Crippen LogP contribution is 2.28. The van der Waals surface area contributed by atoms with E-state index in [-0.39, 0.29) is 36.3 Å². The number of sulfonamides is 1. The van der Waals surface area contributed by atoms with Crippen molar-refractivity contribution >= 4 is 33.2 Å². The quantitative estimate of drug-likeness (QED) is 0.222. The van der Waals surface area contributed by atoms with Crippen LogP contribution in [0.3, 0.4) is 0 Å². The molecule has 0 unspecified atom stereocenters. The maximum atomic E-state index is 14.3. The van der Waals surface area contributed by atoms with E-state index in [0.717, 1.165) is 65.4 Å². The number of non-ortho nitro benzene ring substituents is 1. The molecule has 2 amide bonds. The summed E-state index contributed by atoms with van der Waals surface area (Å²) < 4.78 is 27.1. The van der Waals surface area contributed by atoms with Gasteiger partial charge in [0.1, 0.15) is 12.6 Å². The lowest BCUT2D eigenvalue weighted by Crippen LogP contribution is -2.55. The van der Waals surface area contributed by atoms with Crippen molar-refractivity contribution in [3.8, 4) is 0 Å². The van der Waals surface area contributed by atoms with E-state index in [1.54, 1.807) is 6.92 Å². The van der Waals surface area contributed by atoms with Crippen LogP contribution in [0.1, 0.15) is 54.4 Å². The largest absolute Gasteiger partial charge is 0.352 e. The van der Waals surface area contributed by atoms with Gasteiger partial charge in [-0.25, -0.2) is 8.42 Å². The molecule has 0 heterocycles. The second-order valence-corrected chi connectivity index (χ2v) is 13.5. The molecule has 0 spiro atoms. The molecular weight excluding hydrogens is 580 g/mol. The van der Waals surface area contributed by atoms with Crippen LogP contribution in [-0.2, 0) is 32.6 Å². The first-order valence-electron chi connectivity index (χ1n) is 14.8. The first-order chi connectivity index (χ1) is 20.9. The molecule has 1 fully saturated rings. The fourth-order valence-corrected chi connectivity index (χ4v) is 6.58. The van der Waals surface area contributed by atoms with Crippen LogP contribution in [0.15, 0.2) is 72.8 Å². The van der Waals surface area contributed by atoms with E-state index in [9.17, 15) is 28.1 Å². The van der Waals surface area contributed by atoms with Gasteiger partial charge >= 0.3 is 0 Å². The molecule has 1 aliphatic carbocycles. The molecule has 10 nitrogen and oxygen atoms in total. The minimum atomic E-state index is -4.06. The normalized spacial score (nSPS) is 14.4. The molecule has 11 heteroatoms. The number of benzene rings is 3. The second-order valence-electron chi connectivity index (χ2n) is 11.6. The predicted octanol–water partition coefficient (Wildman–Crippen LogP) is 5.07. The molecule has 0 aliphatic heterocycles. The van der Waals surface area contributed by atoms with Crippen molar-refractivity contribution in [1.29, 1.82) is 0 Å². The Bertz CT molecular complexity index is 1590. The molecule has 0 radical (unpaired) electrons. The van der Waals surface area contributed by atoms with Crippen LogP contribution in [0.2, 0.25) is 0 Å². The van der Waals surface area contributed by atoms with Crippen LogP contribution < -0.4 is 9.62 Å². The number of nitrogens with one attached hydrogen (secondary N) is 1. The lowest BCUT2D eigenvalue weighted by Gasteiger charge is -2.35. The molecule has 4 rings (SSSR count). The summed E-state index contributed by atoms with van der Waals surface area (Å²) in [7, 11) is -4.06. The minimum absolute atomic E-state index is 0.00507. The Balaban J connectivity index is 1.76. The summed E-state index contributed by atoms with van der Waals surface area (Å²) >= 11 is 0. The first-order valence-corrected chi connectivity index (χ1v) is 16.7. The van der Waals surface area contributed by atoms with E-state index in [2.05, 4.69) is 5.32 Å². The van der Waals surface area contributed by atoms with E-state index in [4.69, 9.17) is 0 Å². The monoisotopic (exact) mass is 620 g/mol. The number of amides is 2. The number of carbonyl (C=O) groups is 2. The van der Waals surface area contributed by atoms with Gasteiger partial charge in [-0.2, -0.15) is 0 Å². The van der Waals surface area contributed by atoms with Gasteiger partial charge in [0.15, 0.2) is 0 Å². The smallest absolute Gasteiger partial charge is 0.271 e. The standard InChI is InChI=1S/C33H40N4O6S/c1-24-11-10-14-27(19-24)22-35(31(20-26-12-6-4-7-13-26)33(39)34-28-15-8-5-9-16-28)32(38)23-36(44(3,42)43)30-21-29(37(40)41)18-17-25(30)2/h4,6-7,10-14,17-19,21,28,31H,5,8-9,15-16,20,22-23H2,1-3H3,(H,34,39)/t31-/m0/s1. The van der Waals surface area contributed by atoms with Gasteiger partial charge in [0.25, 0.3) is 5.69 Å². The van der Waals surface area contributed by atoms with Gasteiger partial charge < -0.3 is 10.2 Å². The Morgan fingerprint density at radius 3 is 2.27 bits per heavy atom. The molecule has 0 aromatic heterocycles. The van der Waals surface area contributed by atoms with Crippen molar-refractivity contribution in [3.05, 3.63) is 105 Å². The molecule has 1 N–H and O–H groups in total. The summed E-state index contributed by atoms with van der Waals surface area (Å²) in [6.07, 6.45) is 6.08. The second kappa shape index (κ2) is 14.5. The van der Waals surface area contributed by atoms with E-state index >= 15 is 0 Å². The Morgan fingerprint density at radius 2 is 1.64 bits per heavy atom. The third-order valence-corrected chi connectivity index (χ3v) is 9.14. The zero-order valence-corrected chi connectivity index (χ0v) is 26.3. The highest BCUT2D eigenvalue weighted by Gasteiger charge is 2.34. The number of hydrogen-bond acceptors (Lipinski definition) is 6. The van der Waals surface area contributed by atoms with E-state index < -0.39 is 33.4 Å². The molecule has 1 aliphatic rings. The lowest BCUT2D eigenvalue weighted by atomic mass is 9.94. The third kappa shape index (κ3) is 8.66. The number of nitro benzene ring substituents is 1. The van der Waals surface area contributed by atoms with Gasteiger partial charge in [0, 0.05) is 31.1 Å². The number of anilines is 1. The molecule has 44 heavy (non-hydrogen) atoms. The van der Waals surface area contributed by atoms with Crippen molar-refractivity contribution in [2.45, 2.75) is 71.0 Å². The van der Waals surface area contributed by atoms with Crippen LogP contribution >= 0.6 is 0 Å². The van der Waals surface area contributed by atoms with Gasteiger partial charge in [-0.15, -0.1) is 0 Å². The number of hydrogen-bond donors (Lipinski definition) is 1. The summed E-state index contributed by atoms with van der Waals surface area (Å²) in [6, 6.07) is 20.0. The fourth-order valence-electron chi connectivity index (χ4n) is 5.68. The van der Waals surface area contributed by atoms with Gasteiger partial charge in [0.2, 0.25) is 21.8 Å². The average Bonchev–Trinajstić information content (AvgIpc) is 2.98. The van der Waals surface area contributed by atoms with Crippen LogP contribution in [-0.4, -0.2) is 54.9 Å². The Kier molecular flexibility index (Phi) is 10.7. The van der Waals surface area contributed by atoms with Crippen molar-refractivity contribution < 1.29 is 22.9 Å². The number of carbonyl (C=O) groups excluding carboxylic acids is 2. The maximum absolute atomic E-state index is 14.3. The summed E-state index contributed by atoms with van der Waals surface area (Å²) in [4.78, 5) is 40.7. The number of nitro groups is 1. The highest BCUT2D eigenvalue weighted by molar-refractivity contribution is 7.92. The van der Waals surface area contributed by atoms with Crippen molar-refractivity contribution in [2.75, 3.05) is 17.1 Å². The van der Waals surface area contributed by atoms with Gasteiger partial charge in [-0.05, 0) is 43.4 Å². The molecule has 0 bridgehead atoms.